The number of nitrogens with zero attached hydrogens (tertiary/aromatic N) is 2. The molecule has 0 saturated carbocycles. The number of amides is 1. The summed E-state index contributed by atoms with van der Waals surface area (Å²) in [6.45, 7) is 14.6. The third-order valence-electron chi connectivity index (χ3n) is 3.22. The Morgan fingerprint density at radius 2 is 1.83 bits per heavy atom. The molecule has 1 amide bonds. The van der Waals surface area contributed by atoms with Gasteiger partial charge in [-0.05, 0) is 27.7 Å². The molecule has 1 aliphatic rings. The summed E-state index contributed by atoms with van der Waals surface area (Å²) < 4.78 is 10.5. The van der Waals surface area contributed by atoms with E-state index < -0.39 is 11.7 Å². The highest BCUT2D eigenvalue weighted by Gasteiger charge is 2.15. The van der Waals surface area contributed by atoms with Crippen molar-refractivity contribution in [3.63, 3.8) is 0 Å². The molecule has 0 aliphatic carbocycles. The monoisotopic (exact) mass is 343 g/mol. The molecular formula is C16H33N5O3. The van der Waals surface area contributed by atoms with Gasteiger partial charge in [0.15, 0.2) is 5.96 Å². The molecule has 0 radical (unpaired) electrons. The quantitative estimate of drug-likeness (QED) is 0.352. The fourth-order valence-electron chi connectivity index (χ4n) is 2.13. The maximum Gasteiger partial charge on any atom is 0.407 e. The van der Waals surface area contributed by atoms with Crippen LogP contribution in [-0.2, 0) is 9.47 Å². The third kappa shape index (κ3) is 10.3. The zero-order valence-electron chi connectivity index (χ0n) is 15.5. The number of aliphatic imine (C=N–C) groups is 1. The number of morpholine rings is 1. The lowest BCUT2D eigenvalue weighted by Crippen LogP contribution is -2.43. The lowest BCUT2D eigenvalue weighted by molar-refractivity contribution is 0.0394. The number of guanidine groups is 1. The van der Waals surface area contributed by atoms with Crippen molar-refractivity contribution in [1.29, 1.82) is 0 Å². The van der Waals surface area contributed by atoms with Crippen LogP contribution in [-0.4, -0.2) is 81.6 Å². The summed E-state index contributed by atoms with van der Waals surface area (Å²) >= 11 is 0. The van der Waals surface area contributed by atoms with Gasteiger partial charge in [0.2, 0.25) is 0 Å². The molecule has 0 bridgehead atoms. The number of nitrogens with one attached hydrogen (secondary N) is 3. The molecule has 1 saturated heterocycles. The van der Waals surface area contributed by atoms with E-state index in [0.717, 1.165) is 51.9 Å². The van der Waals surface area contributed by atoms with Crippen molar-refractivity contribution in [3.8, 4) is 0 Å². The minimum Gasteiger partial charge on any atom is -0.444 e. The fraction of sp³-hybridized carbons (Fsp3) is 0.875. The largest absolute Gasteiger partial charge is 0.444 e. The van der Waals surface area contributed by atoms with Crippen LogP contribution in [0.25, 0.3) is 0 Å². The van der Waals surface area contributed by atoms with Crippen molar-refractivity contribution in [2.24, 2.45) is 4.99 Å². The molecule has 0 aromatic carbocycles. The van der Waals surface area contributed by atoms with Crippen molar-refractivity contribution >= 4 is 12.1 Å². The van der Waals surface area contributed by atoms with E-state index in [9.17, 15) is 4.79 Å². The minimum atomic E-state index is -0.479. The normalized spacial score (nSPS) is 16.6. The lowest BCUT2D eigenvalue weighted by atomic mass is 10.2. The Morgan fingerprint density at radius 3 is 2.46 bits per heavy atom. The van der Waals surface area contributed by atoms with Gasteiger partial charge in [-0.1, -0.05) is 0 Å². The van der Waals surface area contributed by atoms with Crippen molar-refractivity contribution < 1.29 is 14.3 Å². The number of ether oxygens (including phenoxy) is 2. The van der Waals surface area contributed by atoms with Gasteiger partial charge in [-0.15, -0.1) is 0 Å². The second-order valence-corrected chi connectivity index (χ2v) is 6.57. The Labute approximate surface area is 145 Å². The maximum atomic E-state index is 11.6. The number of hydrogen-bond acceptors (Lipinski definition) is 5. The van der Waals surface area contributed by atoms with Crippen LogP contribution >= 0.6 is 0 Å². The number of rotatable bonds is 7. The van der Waals surface area contributed by atoms with Crippen molar-refractivity contribution in [1.82, 2.24) is 20.9 Å². The molecule has 3 N–H and O–H groups in total. The smallest absolute Gasteiger partial charge is 0.407 e. The maximum absolute atomic E-state index is 11.6. The van der Waals surface area contributed by atoms with E-state index in [1.165, 1.54) is 0 Å². The molecule has 0 spiro atoms. The summed E-state index contributed by atoms with van der Waals surface area (Å²) in [7, 11) is 0. The average Bonchev–Trinajstić information content (AvgIpc) is 2.51. The molecular weight excluding hydrogens is 310 g/mol. The summed E-state index contributed by atoms with van der Waals surface area (Å²) in [6, 6.07) is 0. The van der Waals surface area contributed by atoms with Gasteiger partial charge in [-0.2, -0.15) is 0 Å². The van der Waals surface area contributed by atoms with Gasteiger partial charge in [-0.3, -0.25) is 9.89 Å². The Balaban J connectivity index is 2.21. The van der Waals surface area contributed by atoms with E-state index in [4.69, 9.17) is 9.47 Å². The first kappa shape index (κ1) is 20.5. The molecule has 0 atom stereocenters. The molecule has 24 heavy (non-hydrogen) atoms. The van der Waals surface area contributed by atoms with Crippen LogP contribution in [0.15, 0.2) is 4.99 Å². The molecule has 1 heterocycles. The molecule has 8 nitrogen and oxygen atoms in total. The summed E-state index contributed by atoms with van der Waals surface area (Å²) in [6.07, 6.45) is -0.404. The Bertz CT molecular complexity index is 390. The molecule has 0 aromatic heterocycles. The summed E-state index contributed by atoms with van der Waals surface area (Å²) in [5, 5.41) is 9.12. The van der Waals surface area contributed by atoms with Crippen molar-refractivity contribution in [3.05, 3.63) is 0 Å². The average molecular weight is 343 g/mol. The predicted molar refractivity (Wildman–Crippen MR) is 95.5 cm³/mol. The molecule has 8 heteroatoms. The molecule has 140 valence electrons. The van der Waals surface area contributed by atoms with E-state index in [2.05, 4.69) is 25.8 Å². The second kappa shape index (κ2) is 11.1. The van der Waals surface area contributed by atoms with Gasteiger partial charge >= 0.3 is 6.09 Å². The first-order valence-electron chi connectivity index (χ1n) is 8.70. The zero-order valence-corrected chi connectivity index (χ0v) is 15.5. The summed E-state index contributed by atoms with van der Waals surface area (Å²) in [5.74, 6) is 0.761. The van der Waals surface area contributed by atoms with E-state index in [1.54, 1.807) is 0 Å². The van der Waals surface area contributed by atoms with Crippen LogP contribution in [0.5, 0.6) is 0 Å². The van der Waals surface area contributed by atoms with Crippen LogP contribution in [0.2, 0.25) is 0 Å². The van der Waals surface area contributed by atoms with Gasteiger partial charge in [0.1, 0.15) is 5.60 Å². The van der Waals surface area contributed by atoms with Gasteiger partial charge in [-0.25, -0.2) is 4.79 Å². The molecule has 0 aromatic rings. The van der Waals surface area contributed by atoms with Gasteiger partial charge in [0.25, 0.3) is 0 Å². The van der Waals surface area contributed by atoms with Crippen molar-refractivity contribution in [2.45, 2.75) is 33.3 Å². The van der Waals surface area contributed by atoms with Gasteiger partial charge < -0.3 is 25.4 Å². The van der Waals surface area contributed by atoms with E-state index >= 15 is 0 Å². The van der Waals surface area contributed by atoms with Gasteiger partial charge in [0.05, 0.1) is 19.8 Å². The Morgan fingerprint density at radius 1 is 1.17 bits per heavy atom. The van der Waals surface area contributed by atoms with E-state index in [1.807, 2.05) is 27.7 Å². The highest BCUT2D eigenvalue weighted by Crippen LogP contribution is 2.05. The zero-order chi connectivity index (χ0) is 17.8. The minimum absolute atomic E-state index is 0.404. The Kier molecular flexibility index (Phi) is 9.48. The standard InChI is InChI=1S/C16H33N5O3/c1-5-17-14(19-8-9-21-10-12-23-13-11-21)18-6-7-20-15(22)24-16(2,3)4/h5-13H2,1-4H3,(H,20,22)(H2,17,18,19). The van der Waals surface area contributed by atoms with E-state index in [0.29, 0.717) is 13.1 Å². The molecule has 0 unspecified atom stereocenters. The van der Waals surface area contributed by atoms with Crippen LogP contribution in [0.4, 0.5) is 4.79 Å². The SMILES string of the molecule is CCNC(=NCCN1CCOCC1)NCCNC(=O)OC(C)(C)C. The highest BCUT2D eigenvalue weighted by atomic mass is 16.6. The number of carbonyl (C=O) groups excluding carboxylic acids is 1. The topological polar surface area (TPSA) is 87.2 Å². The van der Waals surface area contributed by atoms with Crippen molar-refractivity contribution in [2.75, 3.05) is 59.0 Å². The van der Waals surface area contributed by atoms with Crippen LogP contribution in [0.1, 0.15) is 27.7 Å². The van der Waals surface area contributed by atoms with Crippen LogP contribution < -0.4 is 16.0 Å². The molecule has 1 fully saturated rings. The first-order valence-corrected chi connectivity index (χ1v) is 8.70. The highest BCUT2D eigenvalue weighted by molar-refractivity contribution is 5.79. The first-order chi connectivity index (χ1) is 11.4. The second-order valence-electron chi connectivity index (χ2n) is 6.57. The van der Waals surface area contributed by atoms with Crippen LogP contribution in [0, 0.1) is 0 Å². The summed E-state index contributed by atoms with van der Waals surface area (Å²) in [5.41, 5.74) is -0.479. The molecule has 1 rings (SSSR count). The van der Waals surface area contributed by atoms with Gasteiger partial charge in [0, 0.05) is 39.3 Å². The number of alkyl carbamates (subject to hydrolysis) is 1. The lowest BCUT2D eigenvalue weighted by Gasteiger charge is -2.25. The fourth-order valence-corrected chi connectivity index (χ4v) is 2.13. The molecule has 1 aliphatic heterocycles. The third-order valence-corrected chi connectivity index (χ3v) is 3.22. The Hall–Kier alpha value is -1.54. The van der Waals surface area contributed by atoms with E-state index in [-0.39, 0.29) is 0 Å². The van der Waals surface area contributed by atoms with Crippen LogP contribution in [0.3, 0.4) is 0 Å². The predicted octanol–water partition coefficient (Wildman–Crippen LogP) is 0.398. The summed E-state index contributed by atoms with van der Waals surface area (Å²) in [4.78, 5) is 18.5. The number of hydrogen-bond donors (Lipinski definition) is 3. The number of carbonyl (C=O) groups is 1.